The first-order valence-corrected chi connectivity index (χ1v) is 14.3. The third kappa shape index (κ3) is 6.89. The van der Waals surface area contributed by atoms with E-state index >= 15 is 0 Å². The van der Waals surface area contributed by atoms with Crippen LogP contribution in [0.1, 0.15) is 70.3 Å². The van der Waals surface area contributed by atoms with Crippen LogP contribution in [-0.4, -0.2) is 53.6 Å². The van der Waals surface area contributed by atoms with Crippen LogP contribution in [-0.2, 0) is 4.79 Å². The lowest BCUT2D eigenvalue weighted by atomic mass is 9.80. The molecule has 1 aliphatic carbocycles. The number of rotatable bonds is 7. The van der Waals surface area contributed by atoms with Crippen molar-refractivity contribution >= 4 is 17.7 Å². The summed E-state index contributed by atoms with van der Waals surface area (Å²) in [6.45, 7) is 5.98. The number of amides is 1. The van der Waals surface area contributed by atoms with Gasteiger partial charge < -0.3 is 9.64 Å². The minimum atomic E-state index is 0.109. The highest BCUT2D eigenvalue weighted by Crippen LogP contribution is 2.42. The molecule has 1 saturated carbocycles. The van der Waals surface area contributed by atoms with E-state index < -0.39 is 0 Å². The third-order valence-electron chi connectivity index (χ3n) is 7.96. The van der Waals surface area contributed by atoms with E-state index in [4.69, 9.17) is 4.74 Å². The largest absolute Gasteiger partial charge is 0.484 e. The van der Waals surface area contributed by atoms with E-state index in [1.807, 2.05) is 24.3 Å². The summed E-state index contributed by atoms with van der Waals surface area (Å²) in [5.74, 6) is 3.70. The van der Waals surface area contributed by atoms with Crippen molar-refractivity contribution in [3.63, 3.8) is 0 Å². The minimum Gasteiger partial charge on any atom is -0.484 e. The summed E-state index contributed by atoms with van der Waals surface area (Å²) in [7, 11) is 0. The maximum absolute atomic E-state index is 13.5. The monoisotopic (exact) mass is 473 g/mol. The number of aryl methyl sites for hydroxylation is 1. The number of thioether (sulfide) groups is 1. The van der Waals surface area contributed by atoms with E-state index in [0.717, 1.165) is 30.7 Å². The van der Waals surface area contributed by atoms with Crippen LogP contribution in [0.5, 0.6) is 5.75 Å². The first-order chi connectivity index (χ1) is 16.1. The van der Waals surface area contributed by atoms with Crippen molar-refractivity contribution in [1.29, 1.82) is 0 Å². The molecule has 33 heavy (non-hydrogen) atoms. The molecule has 0 radical (unpaired) electrons. The third-order valence-corrected chi connectivity index (χ3v) is 9.36. The Morgan fingerprint density at radius 3 is 2.42 bits per heavy atom. The van der Waals surface area contributed by atoms with Gasteiger partial charge in [-0.3, -0.25) is 15.6 Å². The molecule has 2 N–H and O–H groups in total. The first kappa shape index (κ1) is 24.9. The maximum atomic E-state index is 13.5. The van der Waals surface area contributed by atoms with Gasteiger partial charge in [0.2, 0.25) is 0 Å². The molecule has 0 spiro atoms. The molecular formula is C27H43N3O2S. The van der Waals surface area contributed by atoms with Crippen molar-refractivity contribution in [2.45, 2.75) is 89.0 Å². The summed E-state index contributed by atoms with van der Waals surface area (Å²) in [5, 5.41) is 0.548. The van der Waals surface area contributed by atoms with Gasteiger partial charge in [0, 0.05) is 24.4 Å². The highest BCUT2D eigenvalue weighted by molar-refractivity contribution is 8.00. The van der Waals surface area contributed by atoms with E-state index in [0.29, 0.717) is 5.25 Å². The summed E-state index contributed by atoms with van der Waals surface area (Å²) in [4.78, 5) is 15.6. The van der Waals surface area contributed by atoms with Gasteiger partial charge in [-0.15, -0.1) is 0 Å². The average Bonchev–Trinajstić information content (AvgIpc) is 3.47. The maximum Gasteiger partial charge on any atom is 0.260 e. The molecule has 0 bridgehead atoms. The molecule has 1 amide bonds. The second kappa shape index (κ2) is 12.5. The fraction of sp³-hybridized carbons (Fsp3) is 0.741. The topological polar surface area (TPSA) is 53.6 Å². The summed E-state index contributed by atoms with van der Waals surface area (Å²) in [6.07, 6.45) is 12.5. The zero-order chi connectivity index (χ0) is 23.0. The van der Waals surface area contributed by atoms with Crippen LogP contribution in [0, 0.1) is 18.8 Å². The van der Waals surface area contributed by atoms with Crippen LogP contribution in [0.2, 0.25) is 0 Å². The van der Waals surface area contributed by atoms with Crippen LogP contribution in [0.3, 0.4) is 0 Å². The number of carbonyl (C=O) groups excluding carboxylic acids is 1. The van der Waals surface area contributed by atoms with Gasteiger partial charge in [-0.25, -0.2) is 0 Å². The van der Waals surface area contributed by atoms with Crippen LogP contribution in [0.25, 0.3) is 0 Å². The van der Waals surface area contributed by atoms with Crippen LogP contribution in [0.15, 0.2) is 24.3 Å². The zero-order valence-corrected chi connectivity index (χ0v) is 21.4. The SMILES string of the molecule is Cc1ccc(OCC(=O)N(CC2SCCC2C2CCCCCCCC2)C2CNNC2C)cc1. The smallest absolute Gasteiger partial charge is 0.260 e. The Morgan fingerprint density at radius 2 is 1.76 bits per heavy atom. The molecule has 0 aromatic heterocycles. The van der Waals surface area contributed by atoms with Gasteiger partial charge in [-0.2, -0.15) is 11.8 Å². The van der Waals surface area contributed by atoms with Gasteiger partial charge in [-0.1, -0.05) is 69.1 Å². The number of ether oxygens (including phenoxy) is 1. The lowest BCUT2D eigenvalue weighted by Gasteiger charge is -2.36. The number of benzene rings is 1. The predicted octanol–water partition coefficient (Wildman–Crippen LogP) is 4.94. The average molecular weight is 474 g/mol. The first-order valence-electron chi connectivity index (χ1n) is 13.2. The summed E-state index contributed by atoms with van der Waals surface area (Å²) < 4.78 is 5.91. The standard InChI is InChI=1S/C27H43N3O2S/c1-20-11-13-23(14-12-20)32-19-27(31)30(25-17-28-29-21(25)2)18-26-24(15-16-33-26)22-9-7-5-3-4-6-8-10-22/h11-14,21-22,24-26,28-29H,3-10,15-19H2,1-2H3. The number of hydrazine groups is 1. The zero-order valence-electron chi connectivity index (χ0n) is 20.6. The van der Waals surface area contributed by atoms with Crippen molar-refractivity contribution in [1.82, 2.24) is 15.8 Å². The molecule has 184 valence electrons. The van der Waals surface area contributed by atoms with Crippen LogP contribution in [0.4, 0.5) is 0 Å². The van der Waals surface area contributed by atoms with E-state index in [1.54, 1.807) is 0 Å². The second-order valence-corrected chi connectivity index (χ2v) is 11.7. The highest BCUT2D eigenvalue weighted by Gasteiger charge is 2.39. The predicted molar refractivity (Wildman–Crippen MR) is 138 cm³/mol. The summed E-state index contributed by atoms with van der Waals surface area (Å²) >= 11 is 2.11. The summed E-state index contributed by atoms with van der Waals surface area (Å²) in [6, 6.07) is 8.37. The quantitative estimate of drug-likeness (QED) is 0.587. The Balaban J connectivity index is 1.42. The van der Waals surface area contributed by atoms with Gasteiger partial charge in [0.15, 0.2) is 6.61 Å². The lowest BCUT2D eigenvalue weighted by Crippen LogP contribution is -2.52. The van der Waals surface area contributed by atoms with Crippen molar-refractivity contribution < 1.29 is 9.53 Å². The summed E-state index contributed by atoms with van der Waals surface area (Å²) in [5.41, 5.74) is 7.78. The van der Waals surface area contributed by atoms with Gasteiger partial charge >= 0.3 is 0 Å². The molecule has 2 aliphatic heterocycles. The van der Waals surface area contributed by atoms with Gasteiger partial charge in [0.05, 0.1) is 6.04 Å². The number of nitrogens with one attached hydrogen (secondary N) is 2. The normalized spacial score (nSPS) is 29.3. The lowest BCUT2D eigenvalue weighted by molar-refractivity contribution is -0.135. The Bertz CT molecular complexity index is 733. The van der Waals surface area contributed by atoms with E-state index in [2.05, 4.69) is 41.4 Å². The Kier molecular flexibility index (Phi) is 9.39. The number of hydrogen-bond donors (Lipinski definition) is 2. The number of hydrogen-bond acceptors (Lipinski definition) is 5. The Labute approximate surface area is 204 Å². The second-order valence-electron chi connectivity index (χ2n) is 10.3. The number of carbonyl (C=O) groups is 1. The van der Waals surface area contributed by atoms with Gasteiger partial charge in [0.25, 0.3) is 5.91 Å². The molecule has 4 unspecified atom stereocenters. The van der Waals surface area contributed by atoms with Crippen LogP contribution < -0.4 is 15.6 Å². The molecule has 3 aliphatic rings. The molecule has 4 atom stereocenters. The van der Waals surface area contributed by atoms with E-state index in [9.17, 15) is 4.79 Å². The van der Waals surface area contributed by atoms with Crippen molar-refractivity contribution in [3.8, 4) is 5.75 Å². The Morgan fingerprint density at radius 1 is 1.06 bits per heavy atom. The molecule has 3 fully saturated rings. The van der Waals surface area contributed by atoms with E-state index in [1.165, 1.54) is 69.1 Å². The minimum absolute atomic E-state index is 0.109. The number of nitrogens with zero attached hydrogens (tertiary/aromatic N) is 1. The fourth-order valence-corrected chi connectivity index (χ4v) is 7.52. The molecule has 2 saturated heterocycles. The molecule has 1 aromatic carbocycles. The van der Waals surface area contributed by atoms with E-state index in [-0.39, 0.29) is 24.6 Å². The van der Waals surface area contributed by atoms with Crippen LogP contribution >= 0.6 is 11.8 Å². The molecule has 2 heterocycles. The van der Waals surface area contributed by atoms with Gasteiger partial charge in [0.1, 0.15) is 5.75 Å². The molecular weight excluding hydrogens is 430 g/mol. The van der Waals surface area contributed by atoms with Crippen molar-refractivity contribution in [2.24, 2.45) is 11.8 Å². The molecule has 1 aromatic rings. The molecule has 5 nitrogen and oxygen atoms in total. The molecule has 4 rings (SSSR count). The van der Waals surface area contributed by atoms with Gasteiger partial charge in [-0.05, 0) is 50.0 Å². The highest BCUT2D eigenvalue weighted by atomic mass is 32.2. The van der Waals surface area contributed by atoms with Crippen molar-refractivity contribution in [3.05, 3.63) is 29.8 Å². The Hall–Kier alpha value is -1.24. The molecule has 6 heteroatoms. The fourth-order valence-electron chi connectivity index (χ4n) is 5.94. The van der Waals surface area contributed by atoms with Crippen molar-refractivity contribution in [2.75, 3.05) is 25.4 Å².